The number of ether oxygens (including phenoxy) is 2. The van der Waals surface area contributed by atoms with Crippen LogP contribution in [0.3, 0.4) is 0 Å². The van der Waals surface area contributed by atoms with Gasteiger partial charge < -0.3 is 14.8 Å². The standard InChI is InChI=1S/C21H26N2O3/c1-14(11-16-7-5-6-10-22-16)23-20(24)19-13-25-18-12-15(21(2,3)4)8-9-17(18)26-19/h5-10,12,14,19H,11,13H2,1-4H3,(H,23,24)/t14-,19+/m0/s1. The molecule has 0 bridgehead atoms. The summed E-state index contributed by atoms with van der Waals surface area (Å²) in [4.78, 5) is 16.8. The molecule has 2 aromatic rings. The second-order valence-electron chi connectivity index (χ2n) is 7.76. The Kier molecular flexibility index (Phi) is 5.16. The third-order valence-corrected chi connectivity index (χ3v) is 4.39. The van der Waals surface area contributed by atoms with Crippen molar-refractivity contribution in [3.8, 4) is 11.5 Å². The molecule has 0 aliphatic carbocycles. The molecule has 1 aromatic carbocycles. The van der Waals surface area contributed by atoms with Gasteiger partial charge in [0.2, 0.25) is 6.10 Å². The topological polar surface area (TPSA) is 60.5 Å². The maximum Gasteiger partial charge on any atom is 0.264 e. The summed E-state index contributed by atoms with van der Waals surface area (Å²) < 4.78 is 11.7. The van der Waals surface area contributed by atoms with Gasteiger partial charge in [0.25, 0.3) is 5.91 Å². The van der Waals surface area contributed by atoms with Gasteiger partial charge in [0, 0.05) is 24.4 Å². The van der Waals surface area contributed by atoms with Crippen LogP contribution < -0.4 is 14.8 Å². The first-order valence-electron chi connectivity index (χ1n) is 8.97. The van der Waals surface area contributed by atoms with E-state index in [1.54, 1.807) is 6.20 Å². The van der Waals surface area contributed by atoms with E-state index in [0.717, 1.165) is 5.69 Å². The third-order valence-electron chi connectivity index (χ3n) is 4.39. The zero-order valence-electron chi connectivity index (χ0n) is 15.8. The molecule has 2 atom stereocenters. The van der Waals surface area contributed by atoms with Crippen LogP contribution in [0.5, 0.6) is 11.5 Å². The molecule has 1 aliphatic heterocycles. The van der Waals surface area contributed by atoms with Crippen LogP contribution in [0, 0.1) is 0 Å². The van der Waals surface area contributed by atoms with Crippen molar-refractivity contribution in [2.24, 2.45) is 0 Å². The number of nitrogens with zero attached hydrogens (tertiary/aromatic N) is 1. The Bertz CT molecular complexity index is 769. The molecule has 0 saturated heterocycles. The van der Waals surface area contributed by atoms with Crippen molar-refractivity contribution in [2.45, 2.75) is 51.7 Å². The van der Waals surface area contributed by atoms with Gasteiger partial charge in [-0.25, -0.2) is 0 Å². The fourth-order valence-electron chi connectivity index (χ4n) is 2.89. The van der Waals surface area contributed by atoms with Gasteiger partial charge in [-0.1, -0.05) is 32.9 Å². The molecule has 0 spiro atoms. The Morgan fingerprint density at radius 3 is 2.77 bits per heavy atom. The minimum Gasteiger partial charge on any atom is -0.485 e. The number of hydrogen-bond donors (Lipinski definition) is 1. The number of fused-ring (bicyclic) bond motifs is 1. The predicted molar refractivity (Wildman–Crippen MR) is 101 cm³/mol. The van der Waals surface area contributed by atoms with E-state index in [-0.39, 0.29) is 24.0 Å². The van der Waals surface area contributed by atoms with E-state index in [9.17, 15) is 4.79 Å². The molecular weight excluding hydrogens is 328 g/mol. The zero-order chi connectivity index (χ0) is 18.7. The van der Waals surface area contributed by atoms with Crippen LogP contribution >= 0.6 is 0 Å². The van der Waals surface area contributed by atoms with Crippen LogP contribution in [0.2, 0.25) is 0 Å². The molecule has 2 heterocycles. The molecule has 3 rings (SSSR count). The number of carbonyl (C=O) groups is 1. The highest BCUT2D eigenvalue weighted by molar-refractivity contribution is 5.82. The van der Waals surface area contributed by atoms with E-state index >= 15 is 0 Å². The van der Waals surface area contributed by atoms with Crippen LogP contribution in [0.4, 0.5) is 0 Å². The number of rotatable bonds is 4. The summed E-state index contributed by atoms with van der Waals surface area (Å²) in [7, 11) is 0. The summed E-state index contributed by atoms with van der Waals surface area (Å²) >= 11 is 0. The lowest BCUT2D eigenvalue weighted by Gasteiger charge is -2.28. The fourth-order valence-corrected chi connectivity index (χ4v) is 2.89. The van der Waals surface area contributed by atoms with Crippen LogP contribution in [0.15, 0.2) is 42.6 Å². The molecule has 0 fully saturated rings. The molecule has 1 aliphatic rings. The third kappa shape index (κ3) is 4.34. The monoisotopic (exact) mass is 354 g/mol. The van der Waals surface area contributed by atoms with Gasteiger partial charge in [0.1, 0.15) is 6.61 Å². The number of pyridine rings is 1. The largest absolute Gasteiger partial charge is 0.485 e. The molecule has 138 valence electrons. The Hall–Kier alpha value is -2.56. The summed E-state index contributed by atoms with van der Waals surface area (Å²) in [6.45, 7) is 8.62. The van der Waals surface area contributed by atoms with E-state index in [1.165, 1.54) is 5.56 Å². The second kappa shape index (κ2) is 7.36. The van der Waals surface area contributed by atoms with Gasteiger partial charge in [-0.15, -0.1) is 0 Å². The normalized spacial score (nSPS) is 17.5. The van der Waals surface area contributed by atoms with E-state index in [1.807, 2.05) is 43.3 Å². The average Bonchev–Trinajstić information content (AvgIpc) is 2.60. The van der Waals surface area contributed by atoms with Crippen LogP contribution in [0.25, 0.3) is 0 Å². The van der Waals surface area contributed by atoms with Gasteiger partial charge in [-0.2, -0.15) is 0 Å². The first-order chi connectivity index (χ1) is 12.3. The first-order valence-corrected chi connectivity index (χ1v) is 8.97. The van der Waals surface area contributed by atoms with Crippen molar-refractivity contribution >= 4 is 5.91 Å². The Balaban J connectivity index is 1.60. The highest BCUT2D eigenvalue weighted by atomic mass is 16.6. The highest BCUT2D eigenvalue weighted by Gasteiger charge is 2.29. The average molecular weight is 354 g/mol. The van der Waals surface area contributed by atoms with E-state index in [4.69, 9.17) is 9.47 Å². The lowest BCUT2D eigenvalue weighted by Crippen LogP contribution is -2.47. The lowest BCUT2D eigenvalue weighted by atomic mass is 9.87. The molecule has 1 amide bonds. The quantitative estimate of drug-likeness (QED) is 0.915. The van der Waals surface area contributed by atoms with E-state index < -0.39 is 6.10 Å². The number of nitrogens with one attached hydrogen (secondary N) is 1. The van der Waals surface area contributed by atoms with Crippen LogP contribution in [0.1, 0.15) is 39.0 Å². The number of benzene rings is 1. The smallest absolute Gasteiger partial charge is 0.264 e. The summed E-state index contributed by atoms with van der Waals surface area (Å²) in [6, 6.07) is 11.6. The number of carbonyl (C=O) groups excluding carboxylic acids is 1. The van der Waals surface area contributed by atoms with Crippen molar-refractivity contribution in [3.05, 3.63) is 53.9 Å². The van der Waals surface area contributed by atoms with Crippen molar-refractivity contribution in [2.75, 3.05) is 6.61 Å². The van der Waals surface area contributed by atoms with Crippen molar-refractivity contribution in [1.29, 1.82) is 0 Å². The summed E-state index contributed by atoms with van der Waals surface area (Å²) in [6.07, 6.45) is 1.78. The van der Waals surface area contributed by atoms with E-state index in [0.29, 0.717) is 17.9 Å². The molecule has 26 heavy (non-hydrogen) atoms. The Labute approximate surface area is 154 Å². The second-order valence-corrected chi connectivity index (χ2v) is 7.76. The van der Waals surface area contributed by atoms with Crippen molar-refractivity contribution in [1.82, 2.24) is 10.3 Å². The van der Waals surface area contributed by atoms with Gasteiger partial charge in [0.05, 0.1) is 0 Å². The molecule has 5 heteroatoms. The van der Waals surface area contributed by atoms with Gasteiger partial charge in [-0.05, 0) is 42.2 Å². The summed E-state index contributed by atoms with van der Waals surface area (Å²) in [5.74, 6) is 1.14. The molecule has 0 saturated carbocycles. The molecule has 0 unspecified atom stereocenters. The Morgan fingerprint density at radius 1 is 1.27 bits per heavy atom. The summed E-state index contributed by atoms with van der Waals surface area (Å²) in [5, 5.41) is 2.98. The maximum atomic E-state index is 12.5. The Morgan fingerprint density at radius 2 is 2.08 bits per heavy atom. The summed E-state index contributed by atoms with van der Waals surface area (Å²) in [5.41, 5.74) is 2.15. The molecule has 1 aromatic heterocycles. The van der Waals surface area contributed by atoms with Gasteiger partial charge >= 0.3 is 0 Å². The molecule has 5 nitrogen and oxygen atoms in total. The van der Waals surface area contributed by atoms with Crippen molar-refractivity contribution in [3.63, 3.8) is 0 Å². The van der Waals surface area contributed by atoms with E-state index in [2.05, 4.69) is 31.1 Å². The first kappa shape index (κ1) is 18.2. The zero-order valence-corrected chi connectivity index (χ0v) is 15.8. The van der Waals surface area contributed by atoms with Crippen LogP contribution in [-0.4, -0.2) is 29.6 Å². The minimum absolute atomic E-state index is 0.0352. The number of hydrogen-bond acceptors (Lipinski definition) is 4. The number of aromatic nitrogens is 1. The SMILES string of the molecule is C[C@@H](Cc1ccccn1)NC(=O)[C@H]1COc2cc(C(C)(C)C)ccc2O1. The maximum absolute atomic E-state index is 12.5. The van der Waals surface area contributed by atoms with Crippen LogP contribution in [-0.2, 0) is 16.6 Å². The molecule has 1 N–H and O–H groups in total. The highest BCUT2D eigenvalue weighted by Crippen LogP contribution is 2.36. The number of amides is 1. The molecular formula is C21H26N2O3. The van der Waals surface area contributed by atoms with Gasteiger partial charge in [0.15, 0.2) is 11.5 Å². The molecule has 0 radical (unpaired) electrons. The minimum atomic E-state index is -0.644. The lowest BCUT2D eigenvalue weighted by molar-refractivity contribution is -0.131. The predicted octanol–water partition coefficient (Wildman–Crippen LogP) is 3.27. The fraction of sp³-hybridized carbons (Fsp3) is 0.429. The van der Waals surface area contributed by atoms with Crippen molar-refractivity contribution < 1.29 is 14.3 Å². The van der Waals surface area contributed by atoms with Gasteiger partial charge in [-0.3, -0.25) is 9.78 Å².